The Labute approximate surface area is 222 Å². The molecule has 1 aliphatic heterocycles. The Kier molecular flexibility index (Phi) is 9.63. The van der Waals surface area contributed by atoms with Gasteiger partial charge in [-0.1, -0.05) is 6.07 Å². The molecule has 1 aromatic heterocycles. The van der Waals surface area contributed by atoms with Crippen molar-refractivity contribution in [2.75, 3.05) is 26.7 Å². The first-order chi connectivity index (χ1) is 18.4. The van der Waals surface area contributed by atoms with Gasteiger partial charge in [-0.15, -0.1) is 0 Å². The number of aliphatic carboxylic acids is 1. The molecule has 0 saturated carbocycles. The minimum atomic E-state index is -0.812. The third-order valence-corrected chi connectivity index (χ3v) is 7.82. The van der Waals surface area contributed by atoms with E-state index < -0.39 is 23.7 Å². The normalized spacial score (nSPS) is 18.9. The lowest BCUT2D eigenvalue weighted by molar-refractivity contribution is -0.137. The summed E-state index contributed by atoms with van der Waals surface area (Å²) in [6, 6.07) is 11.4. The fourth-order valence-corrected chi connectivity index (χ4v) is 5.72. The van der Waals surface area contributed by atoms with E-state index >= 15 is 0 Å². The van der Waals surface area contributed by atoms with Gasteiger partial charge in [0.05, 0.1) is 18.7 Å². The first kappa shape index (κ1) is 27.9. The SMILES string of the molecule is COc1ccc2nccc([C@@H](O)CCC3CCN(CCCc4c(F)cccc4F)CC3CCC(=O)O)c2c1. The van der Waals surface area contributed by atoms with Crippen molar-refractivity contribution in [1.82, 2.24) is 9.88 Å². The van der Waals surface area contributed by atoms with Crippen LogP contribution in [0, 0.1) is 23.5 Å². The van der Waals surface area contributed by atoms with Crippen molar-refractivity contribution < 1.29 is 28.5 Å². The second-order valence-corrected chi connectivity index (χ2v) is 10.2. The van der Waals surface area contributed by atoms with Crippen LogP contribution >= 0.6 is 0 Å². The molecule has 0 bridgehead atoms. The van der Waals surface area contributed by atoms with Crippen molar-refractivity contribution in [2.24, 2.45) is 11.8 Å². The summed E-state index contributed by atoms with van der Waals surface area (Å²) in [4.78, 5) is 18.0. The number of carboxylic acids is 1. The number of fused-ring (bicyclic) bond motifs is 1. The van der Waals surface area contributed by atoms with Crippen LogP contribution in [-0.2, 0) is 11.2 Å². The fourth-order valence-electron chi connectivity index (χ4n) is 5.72. The smallest absolute Gasteiger partial charge is 0.303 e. The maximum absolute atomic E-state index is 14.0. The second-order valence-electron chi connectivity index (χ2n) is 10.2. The van der Waals surface area contributed by atoms with E-state index in [9.17, 15) is 23.8 Å². The summed E-state index contributed by atoms with van der Waals surface area (Å²) in [6.07, 6.45) is 4.92. The van der Waals surface area contributed by atoms with Crippen LogP contribution in [0.5, 0.6) is 5.75 Å². The van der Waals surface area contributed by atoms with E-state index in [1.165, 1.54) is 18.2 Å². The molecule has 3 atom stereocenters. The van der Waals surface area contributed by atoms with E-state index in [0.717, 1.165) is 42.4 Å². The third-order valence-electron chi connectivity index (χ3n) is 7.82. The minimum Gasteiger partial charge on any atom is -0.497 e. The standard InChI is InChI=1S/C30H36F2N2O4/c1-38-22-9-10-28-25(18-22)23(13-15-33-28)29(35)11-7-20-14-17-34(19-21(20)8-12-30(36)37)16-3-4-24-26(31)5-2-6-27(24)32/h2,5-6,9-10,13,15,18,20-21,29,35H,3-4,7-8,11-12,14,16-17,19H2,1H3,(H,36,37)/t20?,21?,29-/m0/s1. The van der Waals surface area contributed by atoms with Gasteiger partial charge in [0.15, 0.2) is 0 Å². The highest BCUT2D eigenvalue weighted by Gasteiger charge is 2.30. The number of halogens is 2. The van der Waals surface area contributed by atoms with Crippen LogP contribution in [0.25, 0.3) is 10.9 Å². The number of rotatable bonds is 12. The molecule has 0 aliphatic carbocycles. The predicted octanol–water partition coefficient (Wildman–Crippen LogP) is 5.77. The Bertz CT molecular complexity index is 1220. The number of piperidine rings is 1. The Morgan fingerprint density at radius 2 is 1.95 bits per heavy atom. The van der Waals surface area contributed by atoms with Crippen molar-refractivity contribution in [1.29, 1.82) is 0 Å². The molecule has 2 N–H and O–H groups in total. The third kappa shape index (κ3) is 7.05. The summed E-state index contributed by atoms with van der Waals surface area (Å²) in [5, 5.41) is 21.3. The summed E-state index contributed by atoms with van der Waals surface area (Å²) in [6.45, 7) is 2.31. The molecule has 204 valence electrons. The molecule has 2 aromatic carbocycles. The molecule has 2 unspecified atom stereocenters. The lowest BCUT2D eigenvalue weighted by Crippen LogP contribution is -2.41. The molecule has 6 nitrogen and oxygen atoms in total. The molecule has 2 heterocycles. The number of methoxy groups -OCH3 is 1. The monoisotopic (exact) mass is 526 g/mol. The van der Waals surface area contributed by atoms with Gasteiger partial charge >= 0.3 is 5.97 Å². The van der Waals surface area contributed by atoms with E-state index in [0.29, 0.717) is 43.9 Å². The summed E-state index contributed by atoms with van der Waals surface area (Å²) < 4.78 is 33.3. The van der Waals surface area contributed by atoms with Gasteiger partial charge in [0.2, 0.25) is 0 Å². The van der Waals surface area contributed by atoms with Crippen molar-refractivity contribution in [2.45, 2.75) is 51.0 Å². The molecule has 1 fully saturated rings. The lowest BCUT2D eigenvalue weighted by atomic mass is 9.79. The highest BCUT2D eigenvalue weighted by Crippen LogP contribution is 2.35. The van der Waals surface area contributed by atoms with Gasteiger partial charge in [0, 0.05) is 30.1 Å². The predicted molar refractivity (Wildman–Crippen MR) is 142 cm³/mol. The minimum absolute atomic E-state index is 0.104. The molecular formula is C30H36F2N2O4. The van der Waals surface area contributed by atoms with Gasteiger partial charge < -0.3 is 19.8 Å². The van der Waals surface area contributed by atoms with Crippen molar-refractivity contribution in [3.63, 3.8) is 0 Å². The molecule has 0 radical (unpaired) electrons. The molecule has 4 rings (SSSR count). The highest BCUT2D eigenvalue weighted by atomic mass is 19.1. The maximum Gasteiger partial charge on any atom is 0.303 e. The Balaban J connectivity index is 1.36. The topological polar surface area (TPSA) is 82.9 Å². The van der Waals surface area contributed by atoms with Crippen LogP contribution < -0.4 is 4.74 Å². The van der Waals surface area contributed by atoms with Gasteiger partial charge in [-0.05, 0) is 105 Å². The van der Waals surface area contributed by atoms with Crippen LogP contribution in [-0.4, -0.2) is 52.8 Å². The quantitative estimate of drug-likeness (QED) is 0.312. The van der Waals surface area contributed by atoms with Gasteiger partial charge in [-0.25, -0.2) is 8.78 Å². The fraction of sp³-hybridized carbons (Fsp3) is 0.467. The van der Waals surface area contributed by atoms with Crippen molar-refractivity contribution >= 4 is 16.9 Å². The van der Waals surface area contributed by atoms with E-state index in [4.69, 9.17) is 4.74 Å². The average molecular weight is 527 g/mol. The Hall–Kier alpha value is -3.10. The van der Waals surface area contributed by atoms with Gasteiger partial charge in [-0.3, -0.25) is 9.78 Å². The van der Waals surface area contributed by atoms with Crippen LogP contribution in [0.2, 0.25) is 0 Å². The molecule has 38 heavy (non-hydrogen) atoms. The Morgan fingerprint density at radius 3 is 2.68 bits per heavy atom. The number of hydrogen-bond donors (Lipinski definition) is 2. The van der Waals surface area contributed by atoms with E-state index in [1.807, 2.05) is 24.3 Å². The number of aromatic nitrogens is 1. The van der Waals surface area contributed by atoms with Crippen LogP contribution in [0.15, 0.2) is 48.7 Å². The summed E-state index contributed by atoms with van der Waals surface area (Å²) >= 11 is 0. The molecule has 0 spiro atoms. The average Bonchev–Trinajstić information content (AvgIpc) is 2.92. The van der Waals surface area contributed by atoms with Crippen LogP contribution in [0.1, 0.15) is 55.8 Å². The number of carboxylic acid groups (broad SMARTS) is 1. The van der Waals surface area contributed by atoms with Crippen LogP contribution in [0.4, 0.5) is 8.78 Å². The lowest BCUT2D eigenvalue weighted by Gasteiger charge is -2.39. The van der Waals surface area contributed by atoms with Gasteiger partial charge in [0.1, 0.15) is 17.4 Å². The van der Waals surface area contributed by atoms with Gasteiger partial charge in [-0.2, -0.15) is 0 Å². The number of ether oxygens (including phenoxy) is 1. The number of carbonyl (C=O) groups is 1. The number of nitrogens with zero attached hydrogens (tertiary/aromatic N) is 2. The van der Waals surface area contributed by atoms with E-state index in [1.54, 1.807) is 13.3 Å². The summed E-state index contributed by atoms with van der Waals surface area (Å²) in [7, 11) is 1.61. The van der Waals surface area contributed by atoms with Gasteiger partial charge in [0.25, 0.3) is 0 Å². The zero-order valence-corrected chi connectivity index (χ0v) is 21.8. The largest absolute Gasteiger partial charge is 0.497 e. The number of aliphatic hydroxyl groups is 1. The summed E-state index contributed by atoms with van der Waals surface area (Å²) in [5.41, 5.74) is 1.74. The summed E-state index contributed by atoms with van der Waals surface area (Å²) in [5.74, 6) is -0.645. The first-order valence-electron chi connectivity index (χ1n) is 13.3. The molecular weight excluding hydrogens is 490 g/mol. The van der Waals surface area contributed by atoms with Crippen molar-refractivity contribution in [3.05, 3.63) is 71.4 Å². The second kappa shape index (κ2) is 13.1. The van der Waals surface area contributed by atoms with E-state index in [2.05, 4.69) is 9.88 Å². The zero-order valence-electron chi connectivity index (χ0n) is 21.8. The van der Waals surface area contributed by atoms with Crippen LogP contribution in [0.3, 0.4) is 0 Å². The molecule has 1 aliphatic rings. The highest BCUT2D eigenvalue weighted by molar-refractivity contribution is 5.83. The number of likely N-dealkylation sites (tertiary alicyclic amines) is 1. The number of pyridine rings is 1. The first-order valence-corrected chi connectivity index (χ1v) is 13.3. The molecule has 8 heteroatoms. The zero-order chi connectivity index (χ0) is 27.1. The number of hydrogen-bond acceptors (Lipinski definition) is 5. The van der Waals surface area contributed by atoms with Crippen molar-refractivity contribution in [3.8, 4) is 5.75 Å². The van der Waals surface area contributed by atoms with E-state index in [-0.39, 0.29) is 17.9 Å². The molecule has 1 saturated heterocycles. The maximum atomic E-state index is 14.0. The number of aliphatic hydroxyl groups excluding tert-OH is 1. The molecule has 3 aromatic rings. The molecule has 0 amide bonds. The number of benzene rings is 2. The Morgan fingerprint density at radius 1 is 1.16 bits per heavy atom.